The molecule has 1 heterocycles. The minimum absolute atomic E-state index is 0.126. The molecular formula is C26H34O7. The molecule has 0 radical (unpaired) electrons. The van der Waals surface area contributed by atoms with Crippen LogP contribution in [0, 0.1) is 11.8 Å². The first-order valence-electron chi connectivity index (χ1n) is 10.9. The van der Waals surface area contributed by atoms with Gasteiger partial charge in [-0.05, 0) is 47.7 Å². The summed E-state index contributed by atoms with van der Waals surface area (Å²) in [4.78, 5) is 0. The largest absolute Gasteiger partial charge is 0.493 e. The summed E-state index contributed by atoms with van der Waals surface area (Å²) in [5.41, 5.74) is 2.12. The molecular weight excluding hydrogens is 424 g/mol. The first kappa shape index (κ1) is 24.7. The van der Waals surface area contributed by atoms with Crippen LogP contribution in [0.4, 0.5) is 0 Å². The maximum absolute atomic E-state index is 6.33. The highest BCUT2D eigenvalue weighted by Gasteiger charge is 2.39. The predicted octanol–water partition coefficient (Wildman–Crippen LogP) is 4.48. The molecule has 0 N–H and O–H groups in total. The van der Waals surface area contributed by atoms with Crippen molar-refractivity contribution >= 4 is 0 Å². The van der Waals surface area contributed by atoms with Gasteiger partial charge in [0, 0.05) is 5.92 Å². The number of hydrogen-bond donors (Lipinski definition) is 0. The Kier molecular flexibility index (Phi) is 8.86. The van der Waals surface area contributed by atoms with Gasteiger partial charge in [-0.3, -0.25) is 0 Å². The lowest BCUT2D eigenvalue weighted by Crippen LogP contribution is -2.23. The van der Waals surface area contributed by atoms with Crippen LogP contribution in [0.3, 0.4) is 0 Å². The standard InChI is InChI=1S/C26H34O7/c1-7-10-32-16-20-19(11-17-8-9-21(27-2)22(12-17)28-3)15-33-25(20)18-13-23(29-4)26(31-6)24(14-18)30-5/h7-9,12-14,19-20,25H,1,10-11,15-16H2,2-6H3/t19-,20-,25+/m0/s1. The van der Waals surface area contributed by atoms with Crippen molar-refractivity contribution in [3.05, 3.63) is 54.1 Å². The molecule has 0 unspecified atom stereocenters. The Morgan fingerprint density at radius 3 is 2.12 bits per heavy atom. The molecule has 3 atom stereocenters. The normalized spacial score (nSPS) is 19.7. The van der Waals surface area contributed by atoms with Gasteiger partial charge < -0.3 is 33.2 Å². The molecule has 0 amide bonds. The van der Waals surface area contributed by atoms with E-state index >= 15 is 0 Å². The number of methoxy groups -OCH3 is 5. The highest BCUT2D eigenvalue weighted by atomic mass is 16.5. The fraction of sp³-hybridized carbons (Fsp3) is 0.462. The van der Waals surface area contributed by atoms with Crippen LogP contribution in [0.25, 0.3) is 0 Å². The molecule has 3 rings (SSSR count). The molecule has 7 heteroatoms. The second-order valence-corrected chi connectivity index (χ2v) is 7.86. The van der Waals surface area contributed by atoms with Crippen LogP contribution in [0.1, 0.15) is 17.2 Å². The van der Waals surface area contributed by atoms with E-state index in [-0.39, 0.29) is 17.9 Å². The number of hydrogen-bond acceptors (Lipinski definition) is 7. The van der Waals surface area contributed by atoms with Crippen LogP contribution in [0.15, 0.2) is 43.0 Å². The molecule has 1 saturated heterocycles. The van der Waals surface area contributed by atoms with Crippen molar-refractivity contribution in [1.29, 1.82) is 0 Å². The summed E-state index contributed by atoms with van der Waals surface area (Å²) in [6.45, 7) is 5.40. The lowest BCUT2D eigenvalue weighted by Gasteiger charge is -2.24. The van der Waals surface area contributed by atoms with Crippen molar-refractivity contribution in [2.75, 3.05) is 55.4 Å². The van der Waals surface area contributed by atoms with Gasteiger partial charge in [0.2, 0.25) is 5.75 Å². The van der Waals surface area contributed by atoms with Gasteiger partial charge in [-0.2, -0.15) is 0 Å². The van der Waals surface area contributed by atoms with Crippen LogP contribution < -0.4 is 23.7 Å². The third-order valence-corrected chi connectivity index (χ3v) is 5.99. The van der Waals surface area contributed by atoms with E-state index in [0.717, 1.165) is 23.3 Å². The van der Waals surface area contributed by atoms with Crippen molar-refractivity contribution in [3.8, 4) is 28.7 Å². The van der Waals surface area contributed by atoms with Crippen LogP contribution in [0.2, 0.25) is 0 Å². The monoisotopic (exact) mass is 458 g/mol. The van der Waals surface area contributed by atoms with E-state index in [4.69, 9.17) is 33.2 Å². The Morgan fingerprint density at radius 1 is 0.879 bits per heavy atom. The van der Waals surface area contributed by atoms with Gasteiger partial charge in [0.25, 0.3) is 0 Å². The summed E-state index contributed by atoms with van der Waals surface area (Å²) in [6.07, 6.45) is 2.41. The summed E-state index contributed by atoms with van der Waals surface area (Å²) in [5, 5.41) is 0. The summed E-state index contributed by atoms with van der Waals surface area (Å²) in [5.74, 6) is 3.56. The van der Waals surface area contributed by atoms with Gasteiger partial charge in [-0.1, -0.05) is 12.1 Å². The van der Waals surface area contributed by atoms with E-state index in [1.54, 1.807) is 41.6 Å². The molecule has 1 aliphatic heterocycles. The first-order chi connectivity index (χ1) is 16.1. The summed E-state index contributed by atoms with van der Waals surface area (Å²) < 4.78 is 39.7. The summed E-state index contributed by atoms with van der Waals surface area (Å²) >= 11 is 0. The van der Waals surface area contributed by atoms with E-state index < -0.39 is 0 Å². The zero-order chi connectivity index (χ0) is 23.8. The minimum Gasteiger partial charge on any atom is -0.493 e. The van der Waals surface area contributed by atoms with Gasteiger partial charge in [0.1, 0.15) is 0 Å². The van der Waals surface area contributed by atoms with Crippen molar-refractivity contribution in [1.82, 2.24) is 0 Å². The molecule has 1 aliphatic rings. The van der Waals surface area contributed by atoms with E-state index in [9.17, 15) is 0 Å². The third kappa shape index (κ3) is 5.54. The second-order valence-electron chi connectivity index (χ2n) is 7.86. The lowest BCUT2D eigenvalue weighted by molar-refractivity contribution is 0.0488. The highest BCUT2D eigenvalue weighted by Crippen LogP contribution is 2.46. The van der Waals surface area contributed by atoms with Crippen LogP contribution in [0.5, 0.6) is 28.7 Å². The van der Waals surface area contributed by atoms with Gasteiger partial charge >= 0.3 is 0 Å². The molecule has 0 bridgehead atoms. The van der Waals surface area contributed by atoms with Crippen LogP contribution in [-0.2, 0) is 15.9 Å². The number of benzene rings is 2. The maximum atomic E-state index is 6.33. The molecule has 0 spiro atoms. The Labute approximate surface area is 196 Å². The van der Waals surface area contributed by atoms with Crippen LogP contribution in [-0.4, -0.2) is 55.4 Å². The fourth-order valence-electron chi connectivity index (χ4n) is 4.36. The quantitative estimate of drug-likeness (QED) is 0.343. The van der Waals surface area contributed by atoms with E-state index in [1.165, 1.54) is 0 Å². The Morgan fingerprint density at radius 2 is 1.55 bits per heavy atom. The molecule has 0 saturated carbocycles. The Hall–Kier alpha value is -2.90. The molecule has 33 heavy (non-hydrogen) atoms. The number of rotatable bonds is 12. The topological polar surface area (TPSA) is 64.6 Å². The molecule has 0 aliphatic carbocycles. The lowest BCUT2D eigenvalue weighted by atomic mass is 9.84. The first-order valence-corrected chi connectivity index (χ1v) is 10.9. The predicted molar refractivity (Wildman–Crippen MR) is 126 cm³/mol. The van der Waals surface area contributed by atoms with Gasteiger partial charge in [0.05, 0.1) is 61.5 Å². The molecule has 2 aromatic carbocycles. The SMILES string of the molecule is C=CCOC[C@H]1[C@@H](Cc2ccc(OC)c(OC)c2)CO[C@@H]1c1cc(OC)c(OC)c(OC)c1. The van der Waals surface area contributed by atoms with Gasteiger partial charge in [0.15, 0.2) is 23.0 Å². The second kappa shape index (κ2) is 11.8. The van der Waals surface area contributed by atoms with E-state index in [0.29, 0.717) is 42.8 Å². The minimum atomic E-state index is -0.173. The third-order valence-electron chi connectivity index (χ3n) is 5.99. The number of ether oxygens (including phenoxy) is 7. The highest BCUT2D eigenvalue weighted by molar-refractivity contribution is 5.54. The molecule has 1 fully saturated rings. The van der Waals surface area contributed by atoms with E-state index in [1.807, 2.05) is 24.3 Å². The summed E-state index contributed by atoms with van der Waals surface area (Å²) in [7, 11) is 8.10. The molecule has 2 aromatic rings. The average Bonchev–Trinajstić information content (AvgIpc) is 3.25. The summed E-state index contributed by atoms with van der Waals surface area (Å²) in [6, 6.07) is 9.92. The van der Waals surface area contributed by atoms with Crippen molar-refractivity contribution in [2.24, 2.45) is 11.8 Å². The molecule has 0 aromatic heterocycles. The fourth-order valence-corrected chi connectivity index (χ4v) is 4.36. The Bertz CT molecular complexity index is 902. The van der Waals surface area contributed by atoms with Crippen molar-refractivity contribution in [3.63, 3.8) is 0 Å². The van der Waals surface area contributed by atoms with Gasteiger partial charge in [-0.15, -0.1) is 6.58 Å². The van der Waals surface area contributed by atoms with Crippen molar-refractivity contribution in [2.45, 2.75) is 12.5 Å². The molecule has 7 nitrogen and oxygen atoms in total. The molecule has 180 valence electrons. The van der Waals surface area contributed by atoms with Gasteiger partial charge in [-0.25, -0.2) is 0 Å². The Balaban J connectivity index is 1.90. The van der Waals surface area contributed by atoms with E-state index in [2.05, 4.69) is 12.6 Å². The maximum Gasteiger partial charge on any atom is 0.203 e. The van der Waals surface area contributed by atoms with Crippen molar-refractivity contribution < 1.29 is 33.2 Å². The van der Waals surface area contributed by atoms with Crippen LogP contribution >= 0.6 is 0 Å². The zero-order valence-corrected chi connectivity index (χ0v) is 20.1. The average molecular weight is 459 g/mol. The zero-order valence-electron chi connectivity index (χ0n) is 20.1. The smallest absolute Gasteiger partial charge is 0.203 e.